The van der Waals surface area contributed by atoms with Gasteiger partial charge in [0, 0.05) is 18.3 Å². The van der Waals surface area contributed by atoms with Gasteiger partial charge in [0.2, 0.25) is 0 Å². The van der Waals surface area contributed by atoms with Crippen LogP contribution in [-0.4, -0.2) is 51.5 Å². The molecule has 1 heterocycles. The van der Waals surface area contributed by atoms with E-state index < -0.39 is 16.0 Å². The molecule has 2 aromatic rings. The summed E-state index contributed by atoms with van der Waals surface area (Å²) in [6.45, 7) is 4.12. The molecule has 9 heteroatoms. The average molecular weight is 461 g/mol. The minimum atomic E-state index is -4.04. The highest BCUT2D eigenvalue weighted by Gasteiger charge is 2.25. The van der Waals surface area contributed by atoms with E-state index in [0.29, 0.717) is 12.2 Å². The number of hydrogen-bond acceptors (Lipinski definition) is 6. The van der Waals surface area contributed by atoms with Gasteiger partial charge in [-0.3, -0.25) is 9.52 Å². The van der Waals surface area contributed by atoms with Crippen molar-refractivity contribution < 1.29 is 27.5 Å². The standard InChI is InChI=1S/C23H28N2O6S/c1-16-7-10-19(11-8-16)24-32(28,29)21-14-18(9-12-20(21)30-3)23(27)31-15-22(26)25-13-5-4-6-17(25)2/h7-12,14,17,24H,4-6,13,15H2,1-3H3. The van der Waals surface area contributed by atoms with Crippen LogP contribution in [0.2, 0.25) is 0 Å². The van der Waals surface area contributed by atoms with Gasteiger partial charge in [0.05, 0.1) is 12.7 Å². The maximum atomic E-state index is 12.9. The van der Waals surface area contributed by atoms with Gasteiger partial charge in [-0.2, -0.15) is 0 Å². The first kappa shape index (κ1) is 23.6. The Morgan fingerprint density at radius 1 is 1.12 bits per heavy atom. The van der Waals surface area contributed by atoms with Gasteiger partial charge in [-0.15, -0.1) is 0 Å². The van der Waals surface area contributed by atoms with Gasteiger partial charge < -0.3 is 14.4 Å². The summed E-state index contributed by atoms with van der Waals surface area (Å²) in [6, 6.07) is 10.9. The monoisotopic (exact) mass is 460 g/mol. The topological polar surface area (TPSA) is 102 Å². The lowest BCUT2D eigenvalue weighted by Gasteiger charge is -2.33. The second kappa shape index (κ2) is 10.0. The number of esters is 1. The van der Waals surface area contributed by atoms with Crippen LogP contribution < -0.4 is 9.46 Å². The molecule has 1 amide bonds. The summed E-state index contributed by atoms with van der Waals surface area (Å²) in [4.78, 5) is 26.5. The third kappa shape index (κ3) is 5.59. The Hall–Kier alpha value is -3.07. The van der Waals surface area contributed by atoms with Crippen LogP contribution >= 0.6 is 0 Å². The molecule has 1 unspecified atom stereocenters. The number of carbonyl (C=O) groups is 2. The van der Waals surface area contributed by atoms with E-state index in [-0.39, 0.29) is 34.8 Å². The van der Waals surface area contributed by atoms with Crippen molar-refractivity contribution in [2.45, 2.75) is 44.0 Å². The predicted molar refractivity (Wildman–Crippen MR) is 120 cm³/mol. The third-order valence-corrected chi connectivity index (χ3v) is 6.85. The Morgan fingerprint density at radius 3 is 2.50 bits per heavy atom. The number of amides is 1. The van der Waals surface area contributed by atoms with Crippen LogP contribution in [0.25, 0.3) is 0 Å². The van der Waals surface area contributed by atoms with Crippen molar-refractivity contribution in [1.29, 1.82) is 0 Å². The maximum absolute atomic E-state index is 12.9. The van der Waals surface area contributed by atoms with E-state index in [0.717, 1.165) is 24.8 Å². The molecule has 8 nitrogen and oxygen atoms in total. The number of ether oxygens (including phenoxy) is 2. The van der Waals surface area contributed by atoms with Gasteiger partial charge in [0.15, 0.2) is 6.61 Å². The Bertz CT molecular complexity index is 1080. The summed E-state index contributed by atoms with van der Waals surface area (Å²) in [6.07, 6.45) is 2.93. The summed E-state index contributed by atoms with van der Waals surface area (Å²) < 4.78 is 38.7. The molecule has 1 saturated heterocycles. The van der Waals surface area contributed by atoms with E-state index in [1.807, 2.05) is 13.8 Å². The SMILES string of the molecule is COc1ccc(C(=O)OCC(=O)N2CCCCC2C)cc1S(=O)(=O)Nc1ccc(C)cc1. The second-order valence-electron chi connectivity index (χ2n) is 7.85. The largest absolute Gasteiger partial charge is 0.495 e. The van der Waals surface area contributed by atoms with E-state index in [1.165, 1.54) is 25.3 Å². The van der Waals surface area contributed by atoms with Crippen LogP contribution in [0.3, 0.4) is 0 Å². The van der Waals surface area contributed by atoms with Gasteiger partial charge >= 0.3 is 5.97 Å². The zero-order valence-corrected chi connectivity index (χ0v) is 19.3. The zero-order valence-electron chi connectivity index (χ0n) is 18.5. The van der Waals surface area contributed by atoms with Gasteiger partial charge in [0.25, 0.3) is 15.9 Å². The predicted octanol–water partition coefficient (Wildman–Crippen LogP) is 3.36. The van der Waals surface area contributed by atoms with Crippen molar-refractivity contribution in [2.75, 3.05) is 25.0 Å². The third-order valence-electron chi connectivity index (χ3n) is 5.44. The Balaban J connectivity index is 1.75. The first-order chi connectivity index (χ1) is 15.2. The van der Waals surface area contributed by atoms with Gasteiger partial charge in [-0.25, -0.2) is 13.2 Å². The van der Waals surface area contributed by atoms with Crippen molar-refractivity contribution >= 4 is 27.6 Å². The first-order valence-corrected chi connectivity index (χ1v) is 11.9. The Labute approximate surface area is 188 Å². The average Bonchev–Trinajstić information content (AvgIpc) is 2.78. The molecule has 1 fully saturated rings. The molecule has 0 aliphatic carbocycles. The second-order valence-corrected chi connectivity index (χ2v) is 9.50. The maximum Gasteiger partial charge on any atom is 0.338 e. The summed E-state index contributed by atoms with van der Waals surface area (Å²) in [5.74, 6) is -0.954. The lowest BCUT2D eigenvalue weighted by Crippen LogP contribution is -2.44. The van der Waals surface area contributed by atoms with Crippen molar-refractivity contribution in [1.82, 2.24) is 4.90 Å². The Morgan fingerprint density at radius 2 is 1.84 bits per heavy atom. The number of benzene rings is 2. The fraction of sp³-hybridized carbons (Fsp3) is 0.391. The fourth-order valence-corrected chi connectivity index (χ4v) is 4.86. The number of nitrogens with zero attached hydrogens (tertiary/aromatic N) is 1. The van der Waals surface area contributed by atoms with Crippen molar-refractivity contribution in [2.24, 2.45) is 0 Å². The minimum Gasteiger partial charge on any atom is -0.495 e. The lowest BCUT2D eigenvalue weighted by atomic mass is 10.0. The Kier molecular flexibility index (Phi) is 7.40. The smallest absolute Gasteiger partial charge is 0.338 e. The summed E-state index contributed by atoms with van der Waals surface area (Å²) in [5.41, 5.74) is 1.38. The van der Waals surface area contributed by atoms with Crippen molar-refractivity contribution in [3.63, 3.8) is 0 Å². The highest BCUT2D eigenvalue weighted by molar-refractivity contribution is 7.92. The van der Waals surface area contributed by atoms with Crippen LogP contribution in [0, 0.1) is 6.92 Å². The minimum absolute atomic E-state index is 0.00886. The molecule has 3 rings (SSSR count). The molecular weight excluding hydrogens is 432 g/mol. The lowest BCUT2D eigenvalue weighted by molar-refractivity contribution is -0.137. The van der Waals surface area contributed by atoms with Crippen molar-refractivity contribution in [3.05, 3.63) is 53.6 Å². The highest BCUT2D eigenvalue weighted by Crippen LogP contribution is 2.27. The number of piperidine rings is 1. The van der Waals surface area contributed by atoms with E-state index in [2.05, 4.69) is 4.72 Å². The molecule has 1 aliphatic rings. The summed E-state index contributed by atoms with van der Waals surface area (Å²) >= 11 is 0. The quantitative estimate of drug-likeness (QED) is 0.636. The van der Waals surface area contributed by atoms with Crippen LogP contribution in [0.5, 0.6) is 5.75 Å². The van der Waals surface area contributed by atoms with E-state index in [4.69, 9.17) is 9.47 Å². The normalized spacial score (nSPS) is 16.3. The number of aryl methyl sites for hydroxylation is 1. The molecule has 1 N–H and O–H groups in total. The number of hydrogen-bond donors (Lipinski definition) is 1. The van der Waals surface area contributed by atoms with Crippen LogP contribution in [0.1, 0.15) is 42.1 Å². The van der Waals surface area contributed by atoms with Gasteiger partial charge in [-0.05, 0) is 63.4 Å². The number of methoxy groups -OCH3 is 1. The molecule has 1 aliphatic heterocycles. The molecule has 0 bridgehead atoms. The number of rotatable bonds is 7. The van der Waals surface area contributed by atoms with E-state index in [1.54, 1.807) is 29.2 Å². The number of sulfonamides is 1. The van der Waals surface area contributed by atoms with Crippen LogP contribution in [0.15, 0.2) is 47.4 Å². The zero-order chi connectivity index (χ0) is 23.3. The van der Waals surface area contributed by atoms with E-state index in [9.17, 15) is 18.0 Å². The summed E-state index contributed by atoms with van der Waals surface area (Å²) in [7, 11) is -2.69. The molecule has 172 valence electrons. The van der Waals surface area contributed by atoms with Gasteiger partial charge in [-0.1, -0.05) is 17.7 Å². The number of carbonyl (C=O) groups excluding carboxylic acids is 2. The fourth-order valence-electron chi connectivity index (χ4n) is 3.61. The summed E-state index contributed by atoms with van der Waals surface area (Å²) in [5, 5.41) is 0. The molecule has 0 saturated carbocycles. The van der Waals surface area contributed by atoms with Crippen LogP contribution in [0.4, 0.5) is 5.69 Å². The van der Waals surface area contributed by atoms with Crippen molar-refractivity contribution in [3.8, 4) is 5.75 Å². The molecule has 32 heavy (non-hydrogen) atoms. The number of nitrogens with one attached hydrogen (secondary N) is 1. The molecule has 0 radical (unpaired) electrons. The van der Waals surface area contributed by atoms with Crippen LogP contribution in [-0.2, 0) is 19.6 Å². The highest BCUT2D eigenvalue weighted by atomic mass is 32.2. The van der Waals surface area contributed by atoms with Gasteiger partial charge in [0.1, 0.15) is 10.6 Å². The first-order valence-electron chi connectivity index (χ1n) is 10.5. The molecule has 1 atom stereocenters. The van der Waals surface area contributed by atoms with E-state index >= 15 is 0 Å². The molecule has 0 spiro atoms. The number of anilines is 1. The molecule has 2 aromatic carbocycles. The number of likely N-dealkylation sites (tertiary alicyclic amines) is 1. The molecular formula is C23H28N2O6S. The molecule has 0 aromatic heterocycles.